The van der Waals surface area contributed by atoms with E-state index in [-0.39, 0.29) is 36.4 Å². The molecule has 0 radical (unpaired) electrons. The van der Waals surface area contributed by atoms with Gasteiger partial charge in [-0.05, 0) is 48.9 Å². The molecule has 0 spiro atoms. The Morgan fingerprint density at radius 3 is 2.26 bits per heavy atom. The van der Waals surface area contributed by atoms with Gasteiger partial charge in [0.15, 0.2) is 0 Å². The molecular weight excluding hydrogens is 446 g/mol. The number of nitrogens with zero attached hydrogens (tertiary/aromatic N) is 4. The highest BCUT2D eigenvalue weighted by atomic mass is 16.5. The van der Waals surface area contributed by atoms with Crippen molar-refractivity contribution in [3.05, 3.63) is 110 Å². The van der Waals surface area contributed by atoms with E-state index in [2.05, 4.69) is 15.5 Å². The molecule has 35 heavy (non-hydrogen) atoms. The Labute approximate surface area is 201 Å². The van der Waals surface area contributed by atoms with Crippen LogP contribution in [-0.2, 0) is 13.1 Å². The molecule has 0 atom stereocenters. The zero-order valence-corrected chi connectivity index (χ0v) is 19.5. The molecule has 0 bridgehead atoms. The smallest absolute Gasteiger partial charge is 0.271 e. The van der Waals surface area contributed by atoms with Crippen LogP contribution in [0.5, 0.6) is 5.75 Å². The number of carbonyl (C=O) groups is 1. The SMILES string of the molecule is COc1ccc(-c2ccc(=O)n(CCNC(=O)c3ccc(=O)n(Cc4ccc(C)cc4)n3)n2)cc1. The second kappa shape index (κ2) is 10.6. The lowest BCUT2D eigenvalue weighted by Crippen LogP contribution is -2.34. The number of amides is 1. The Balaban J connectivity index is 1.41. The van der Waals surface area contributed by atoms with E-state index in [4.69, 9.17) is 4.74 Å². The summed E-state index contributed by atoms with van der Waals surface area (Å²) in [6.07, 6.45) is 0. The fourth-order valence-corrected chi connectivity index (χ4v) is 3.44. The summed E-state index contributed by atoms with van der Waals surface area (Å²) in [5, 5.41) is 11.3. The predicted octanol–water partition coefficient (Wildman–Crippen LogP) is 2.26. The molecule has 178 valence electrons. The number of rotatable bonds is 8. The molecule has 0 saturated carbocycles. The summed E-state index contributed by atoms with van der Waals surface area (Å²) < 4.78 is 7.72. The van der Waals surface area contributed by atoms with Crippen LogP contribution in [0.15, 0.2) is 82.4 Å². The number of hydrogen-bond acceptors (Lipinski definition) is 6. The van der Waals surface area contributed by atoms with Crippen LogP contribution in [0.25, 0.3) is 11.3 Å². The molecule has 1 N–H and O–H groups in total. The van der Waals surface area contributed by atoms with Crippen LogP contribution in [0.1, 0.15) is 21.6 Å². The summed E-state index contributed by atoms with van der Waals surface area (Å²) in [6, 6.07) is 20.9. The molecule has 0 saturated heterocycles. The molecule has 0 aliphatic rings. The minimum atomic E-state index is -0.443. The highest BCUT2D eigenvalue weighted by Gasteiger charge is 2.11. The zero-order chi connectivity index (χ0) is 24.8. The van der Waals surface area contributed by atoms with Crippen LogP contribution in [0.4, 0.5) is 0 Å². The summed E-state index contributed by atoms with van der Waals surface area (Å²) in [5.74, 6) is 0.283. The van der Waals surface area contributed by atoms with E-state index in [1.54, 1.807) is 13.2 Å². The first-order valence-corrected chi connectivity index (χ1v) is 11.1. The molecule has 0 aliphatic heterocycles. The molecule has 9 nitrogen and oxygen atoms in total. The number of aromatic nitrogens is 4. The molecule has 0 unspecified atom stereocenters. The van der Waals surface area contributed by atoms with Crippen molar-refractivity contribution in [3.8, 4) is 17.0 Å². The van der Waals surface area contributed by atoms with Gasteiger partial charge >= 0.3 is 0 Å². The standard InChI is InChI=1S/C26H25N5O4/c1-18-3-5-19(6-4-18)17-31-25(33)14-12-23(29-31)26(34)27-15-16-30-24(32)13-11-22(28-30)20-7-9-21(35-2)10-8-20/h3-14H,15-17H2,1-2H3,(H,27,34). The van der Waals surface area contributed by atoms with Crippen molar-refractivity contribution in [1.82, 2.24) is 24.9 Å². The lowest BCUT2D eigenvalue weighted by atomic mass is 10.1. The number of hydrogen-bond donors (Lipinski definition) is 1. The lowest BCUT2D eigenvalue weighted by Gasteiger charge is -2.10. The highest BCUT2D eigenvalue weighted by molar-refractivity contribution is 5.91. The van der Waals surface area contributed by atoms with Crippen molar-refractivity contribution in [2.75, 3.05) is 13.7 Å². The maximum Gasteiger partial charge on any atom is 0.271 e. The predicted molar refractivity (Wildman–Crippen MR) is 132 cm³/mol. The molecule has 9 heteroatoms. The van der Waals surface area contributed by atoms with Crippen molar-refractivity contribution < 1.29 is 9.53 Å². The molecule has 2 aromatic carbocycles. The second-order valence-electron chi connectivity index (χ2n) is 7.96. The van der Waals surface area contributed by atoms with Crippen LogP contribution < -0.4 is 21.2 Å². The van der Waals surface area contributed by atoms with Gasteiger partial charge in [0.1, 0.15) is 11.4 Å². The van der Waals surface area contributed by atoms with Gasteiger partial charge in [-0.1, -0.05) is 29.8 Å². The van der Waals surface area contributed by atoms with Crippen molar-refractivity contribution in [2.45, 2.75) is 20.0 Å². The third kappa shape index (κ3) is 5.89. The van der Waals surface area contributed by atoms with E-state index in [9.17, 15) is 14.4 Å². The summed E-state index contributed by atoms with van der Waals surface area (Å²) in [7, 11) is 1.59. The van der Waals surface area contributed by atoms with Gasteiger partial charge in [-0.15, -0.1) is 0 Å². The first-order chi connectivity index (χ1) is 16.9. The van der Waals surface area contributed by atoms with Crippen LogP contribution in [0.3, 0.4) is 0 Å². The number of ether oxygens (including phenoxy) is 1. The van der Waals surface area contributed by atoms with E-state index in [1.165, 1.54) is 27.6 Å². The third-order valence-corrected chi connectivity index (χ3v) is 5.41. The van der Waals surface area contributed by atoms with E-state index < -0.39 is 5.91 Å². The van der Waals surface area contributed by atoms with Crippen LogP contribution in [0, 0.1) is 6.92 Å². The fraction of sp³-hybridized carbons (Fsp3) is 0.192. The molecule has 0 fully saturated rings. The van der Waals surface area contributed by atoms with Gasteiger partial charge < -0.3 is 10.1 Å². The van der Waals surface area contributed by atoms with Gasteiger partial charge in [0.05, 0.1) is 25.9 Å². The normalized spacial score (nSPS) is 10.7. The summed E-state index contributed by atoms with van der Waals surface area (Å²) in [4.78, 5) is 37.1. The first kappa shape index (κ1) is 23.6. The Kier molecular flexibility index (Phi) is 7.15. The maximum atomic E-state index is 12.6. The van der Waals surface area contributed by atoms with Crippen LogP contribution >= 0.6 is 0 Å². The molecule has 1 amide bonds. The van der Waals surface area contributed by atoms with Gasteiger partial charge in [0.25, 0.3) is 17.0 Å². The van der Waals surface area contributed by atoms with Gasteiger partial charge in [-0.3, -0.25) is 14.4 Å². The highest BCUT2D eigenvalue weighted by Crippen LogP contribution is 2.19. The largest absolute Gasteiger partial charge is 0.497 e. The summed E-state index contributed by atoms with van der Waals surface area (Å²) in [6.45, 7) is 2.59. The number of methoxy groups -OCH3 is 1. The van der Waals surface area contributed by atoms with Crippen molar-refractivity contribution in [2.24, 2.45) is 0 Å². The monoisotopic (exact) mass is 471 g/mol. The Bertz CT molecular complexity index is 1440. The van der Waals surface area contributed by atoms with Gasteiger partial charge in [-0.25, -0.2) is 9.36 Å². The second-order valence-corrected chi connectivity index (χ2v) is 7.96. The summed E-state index contributed by atoms with van der Waals surface area (Å²) in [5.41, 5.74) is 3.03. The lowest BCUT2D eigenvalue weighted by molar-refractivity contribution is 0.0944. The van der Waals surface area contributed by atoms with Crippen molar-refractivity contribution >= 4 is 5.91 Å². The van der Waals surface area contributed by atoms with E-state index in [1.807, 2.05) is 55.5 Å². The third-order valence-electron chi connectivity index (χ3n) is 5.41. The number of aryl methyl sites for hydroxylation is 1. The Hall–Kier alpha value is -4.53. The Morgan fingerprint density at radius 2 is 1.54 bits per heavy atom. The number of nitrogens with one attached hydrogen (secondary N) is 1. The summed E-state index contributed by atoms with van der Waals surface area (Å²) >= 11 is 0. The van der Waals surface area contributed by atoms with Crippen LogP contribution in [-0.4, -0.2) is 39.1 Å². The minimum Gasteiger partial charge on any atom is -0.497 e. The molecular formula is C26H25N5O4. The van der Waals surface area contributed by atoms with Crippen LogP contribution in [0.2, 0.25) is 0 Å². The average Bonchev–Trinajstić information content (AvgIpc) is 2.87. The van der Waals surface area contributed by atoms with Crippen molar-refractivity contribution in [3.63, 3.8) is 0 Å². The van der Waals surface area contributed by atoms with Gasteiger partial charge in [-0.2, -0.15) is 10.2 Å². The van der Waals surface area contributed by atoms with Gasteiger partial charge in [0.2, 0.25) is 0 Å². The molecule has 4 aromatic rings. The van der Waals surface area contributed by atoms with E-state index >= 15 is 0 Å². The number of carbonyl (C=O) groups excluding carboxylic acids is 1. The zero-order valence-electron chi connectivity index (χ0n) is 19.5. The van der Waals surface area contributed by atoms with Crippen molar-refractivity contribution in [1.29, 1.82) is 0 Å². The minimum absolute atomic E-state index is 0.115. The quantitative estimate of drug-likeness (QED) is 0.422. The van der Waals surface area contributed by atoms with Gasteiger partial charge in [0, 0.05) is 24.2 Å². The molecule has 2 aromatic heterocycles. The maximum absolute atomic E-state index is 12.6. The molecule has 0 aliphatic carbocycles. The molecule has 4 rings (SSSR count). The van der Waals surface area contributed by atoms with E-state index in [0.29, 0.717) is 5.69 Å². The topological polar surface area (TPSA) is 108 Å². The number of benzene rings is 2. The first-order valence-electron chi connectivity index (χ1n) is 11.1. The molecule has 2 heterocycles. The average molecular weight is 472 g/mol. The van der Waals surface area contributed by atoms with E-state index in [0.717, 1.165) is 22.4 Å². The fourth-order valence-electron chi connectivity index (χ4n) is 3.44. The Morgan fingerprint density at radius 1 is 0.857 bits per heavy atom.